The van der Waals surface area contributed by atoms with Crippen LogP contribution >= 0.6 is 0 Å². The van der Waals surface area contributed by atoms with E-state index >= 15 is 0 Å². The summed E-state index contributed by atoms with van der Waals surface area (Å²) in [5.41, 5.74) is 0. The maximum absolute atomic E-state index is 11.9. The molecule has 1 aromatic heterocycles. The van der Waals surface area contributed by atoms with Gasteiger partial charge in [-0.1, -0.05) is 6.92 Å². The molecule has 1 saturated heterocycles. The van der Waals surface area contributed by atoms with E-state index in [1.807, 2.05) is 23.9 Å². The van der Waals surface area contributed by atoms with E-state index in [9.17, 15) is 8.42 Å². The van der Waals surface area contributed by atoms with Gasteiger partial charge in [-0.25, -0.2) is 12.7 Å². The molecule has 0 aliphatic carbocycles. The Kier molecular flexibility index (Phi) is 3.83. The Hall–Kier alpha value is -0.880. The number of nitrogens with zero attached hydrogens (tertiary/aromatic N) is 3. The summed E-state index contributed by atoms with van der Waals surface area (Å²) in [5, 5.41) is 4.21. The molecular weight excluding hydrogens is 238 g/mol. The summed E-state index contributed by atoms with van der Waals surface area (Å²) in [7, 11) is -3.02. The van der Waals surface area contributed by atoms with Crippen LogP contribution in [0.4, 0.5) is 0 Å². The molecule has 0 unspecified atom stereocenters. The lowest BCUT2D eigenvalue weighted by atomic mass is 10.1. The summed E-state index contributed by atoms with van der Waals surface area (Å²) in [6.45, 7) is 3.13. The second-order valence-electron chi connectivity index (χ2n) is 4.43. The van der Waals surface area contributed by atoms with E-state index in [-0.39, 0.29) is 5.75 Å². The molecule has 0 saturated carbocycles. The van der Waals surface area contributed by atoms with Crippen LogP contribution < -0.4 is 0 Å². The molecule has 1 aliphatic rings. The molecule has 0 atom stereocenters. The first-order valence-electron chi connectivity index (χ1n) is 6.10. The first-order chi connectivity index (χ1) is 8.13. The Morgan fingerprint density at radius 3 is 2.59 bits per heavy atom. The van der Waals surface area contributed by atoms with Gasteiger partial charge in [0.05, 0.1) is 11.8 Å². The zero-order valence-electron chi connectivity index (χ0n) is 10.1. The quantitative estimate of drug-likeness (QED) is 0.816. The monoisotopic (exact) mass is 257 g/mol. The van der Waals surface area contributed by atoms with E-state index in [2.05, 4.69) is 5.10 Å². The van der Waals surface area contributed by atoms with E-state index in [1.54, 1.807) is 10.5 Å². The molecule has 0 spiro atoms. The summed E-state index contributed by atoms with van der Waals surface area (Å²) in [5.74, 6) is 0.263. The lowest BCUT2D eigenvalue weighted by Gasteiger charge is -2.31. The van der Waals surface area contributed by atoms with Gasteiger partial charge in [-0.2, -0.15) is 5.10 Å². The number of hydrogen-bond acceptors (Lipinski definition) is 3. The number of hydrogen-bond donors (Lipinski definition) is 0. The van der Waals surface area contributed by atoms with Crippen LogP contribution in [0.1, 0.15) is 32.2 Å². The fraction of sp³-hybridized carbons (Fsp3) is 0.727. The Morgan fingerprint density at radius 1 is 1.35 bits per heavy atom. The Bertz CT molecular complexity index is 433. The van der Waals surface area contributed by atoms with Crippen molar-refractivity contribution < 1.29 is 8.42 Å². The normalized spacial score (nSPS) is 19.6. The second kappa shape index (κ2) is 5.18. The molecule has 96 valence electrons. The number of rotatable bonds is 4. The molecule has 2 rings (SSSR count). The van der Waals surface area contributed by atoms with Crippen molar-refractivity contribution in [1.29, 1.82) is 0 Å². The van der Waals surface area contributed by atoms with Gasteiger partial charge in [-0.3, -0.25) is 4.68 Å². The highest BCUT2D eigenvalue weighted by Gasteiger charge is 2.27. The molecule has 0 aromatic carbocycles. The highest BCUT2D eigenvalue weighted by Crippen LogP contribution is 2.23. The van der Waals surface area contributed by atoms with E-state index in [0.717, 1.165) is 12.8 Å². The molecule has 0 radical (unpaired) electrons. The minimum Gasteiger partial charge on any atom is -0.270 e. The predicted octanol–water partition coefficient (Wildman–Crippen LogP) is 1.26. The summed E-state index contributed by atoms with van der Waals surface area (Å²) in [6.07, 6.45) is 6.09. The van der Waals surface area contributed by atoms with Gasteiger partial charge in [0.15, 0.2) is 0 Å². The van der Waals surface area contributed by atoms with Gasteiger partial charge in [0.1, 0.15) is 0 Å². The van der Waals surface area contributed by atoms with Crippen LogP contribution in [0.2, 0.25) is 0 Å². The summed E-state index contributed by atoms with van der Waals surface area (Å²) in [6, 6.07) is 2.25. The number of piperidine rings is 1. The number of aromatic nitrogens is 2. The van der Waals surface area contributed by atoms with Gasteiger partial charge in [0, 0.05) is 25.5 Å². The van der Waals surface area contributed by atoms with Crippen molar-refractivity contribution in [2.24, 2.45) is 0 Å². The molecule has 17 heavy (non-hydrogen) atoms. The molecule has 0 amide bonds. The van der Waals surface area contributed by atoms with Crippen LogP contribution in [0, 0.1) is 0 Å². The minimum atomic E-state index is -3.02. The first kappa shape index (κ1) is 12.6. The Labute approximate surface area is 102 Å². The van der Waals surface area contributed by atoms with Crippen molar-refractivity contribution in [3.05, 3.63) is 18.5 Å². The van der Waals surface area contributed by atoms with E-state index in [0.29, 0.717) is 25.6 Å². The molecule has 1 aromatic rings. The molecule has 6 heteroatoms. The SMILES string of the molecule is CCCS(=O)(=O)N1CCC(n2cccn2)CC1. The van der Waals surface area contributed by atoms with Gasteiger partial charge >= 0.3 is 0 Å². The highest BCUT2D eigenvalue weighted by atomic mass is 32.2. The Morgan fingerprint density at radius 2 is 2.06 bits per heavy atom. The fourth-order valence-electron chi connectivity index (χ4n) is 2.27. The first-order valence-corrected chi connectivity index (χ1v) is 7.71. The molecule has 2 heterocycles. The highest BCUT2D eigenvalue weighted by molar-refractivity contribution is 7.89. The third-order valence-corrected chi connectivity index (χ3v) is 5.25. The minimum absolute atomic E-state index is 0.263. The van der Waals surface area contributed by atoms with E-state index < -0.39 is 10.0 Å². The summed E-state index contributed by atoms with van der Waals surface area (Å²) >= 11 is 0. The molecular formula is C11H19N3O2S. The fourth-order valence-corrected chi connectivity index (χ4v) is 3.81. The lowest BCUT2D eigenvalue weighted by Crippen LogP contribution is -2.40. The van der Waals surface area contributed by atoms with Gasteiger partial charge in [-0.05, 0) is 25.3 Å². The van der Waals surface area contributed by atoms with Crippen LogP contribution in [0.5, 0.6) is 0 Å². The van der Waals surface area contributed by atoms with Gasteiger partial charge in [0.2, 0.25) is 10.0 Å². The average molecular weight is 257 g/mol. The van der Waals surface area contributed by atoms with Crippen molar-refractivity contribution in [2.75, 3.05) is 18.8 Å². The van der Waals surface area contributed by atoms with Crippen molar-refractivity contribution in [1.82, 2.24) is 14.1 Å². The zero-order chi connectivity index (χ0) is 12.3. The molecule has 1 aliphatic heterocycles. The second-order valence-corrected chi connectivity index (χ2v) is 6.52. The van der Waals surface area contributed by atoms with Crippen molar-refractivity contribution in [3.63, 3.8) is 0 Å². The van der Waals surface area contributed by atoms with Crippen molar-refractivity contribution in [2.45, 2.75) is 32.2 Å². The van der Waals surface area contributed by atoms with Crippen LogP contribution in [0.3, 0.4) is 0 Å². The zero-order valence-corrected chi connectivity index (χ0v) is 10.9. The third-order valence-electron chi connectivity index (χ3n) is 3.18. The summed E-state index contributed by atoms with van der Waals surface area (Å²) in [4.78, 5) is 0. The van der Waals surface area contributed by atoms with Crippen LogP contribution in [0.15, 0.2) is 18.5 Å². The molecule has 0 N–H and O–H groups in total. The Balaban J connectivity index is 1.94. The topological polar surface area (TPSA) is 55.2 Å². The maximum atomic E-state index is 11.9. The van der Waals surface area contributed by atoms with Gasteiger partial charge < -0.3 is 0 Å². The molecule has 1 fully saturated rings. The average Bonchev–Trinajstić information content (AvgIpc) is 2.82. The van der Waals surface area contributed by atoms with Crippen LogP contribution in [-0.4, -0.2) is 41.3 Å². The van der Waals surface area contributed by atoms with E-state index in [1.165, 1.54) is 0 Å². The predicted molar refractivity (Wildman–Crippen MR) is 66.1 cm³/mol. The third kappa shape index (κ3) is 2.87. The molecule has 5 nitrogen and oxygen atoms in total. The summed E-state index contributed by atoms with van der Waals surface area (Å²) < 4.78 is 27.3. The smallest absolute Gasteiger partial charge is 0.214 e. The van der Waals surface area contributed by atoms with Crippen molar-refractivity contribution in [3.8, 4) is 0 Å². The molecule has 0 bridgehead atoms. The van der Waals surface area contributed by atoms with E-state index in [4.69, 9.17) is 0 Å². The maximum Gasteiger partial charge on any atom is 0.214 e. The van der Waals surface area contributed by atoms with Crippen LogP contribution in [0.25, 0.3) is 0 Å². The number of sulfonamides is 1. The van der Waals surface area contributed by atoms with Gasteiger partial charge in [0.25, 0.3) is 0 Å². The van der Waals surface area contributed by atoms with Crippen LogP contribution in [-0.2, 0) is 10.0 Å². The largest absolute Gasteiger partial charge is 0.270 e. The van der Waals surface area contributed by atoms with Crippen molar-refractivity contribution >= 4 is 10.0 Å². The standard InChI is InChI=1S/C11H19N3O2S/c1-2-10-17(15,16)13-8-4-11(5-9-13)14-7-3-6-12-14/h3,6-7,11H,2,4-5,8-10H2,1H3. The van der Waals surface area contributed by atoms with Gasteiger partial charge in [-0.15, -0.1) is 0 Å². The lowest BCUT2D eigenvalue weighted by molar-refractivity contribution is 0.261.